The van der Waals surface area contributed by atoms with Crippen LogP contribution in [-0.2, 0) is 0 Å². The Morgan fingerprint density at radius 1 is 1.36 bits per heavy atom. The molecule has 0 amide bonds. The first-order valence-corrected chi connectivity index (χ1v) is 3.87. The fraction of sp³-hybridized carbons (Fsp3) is 0.333. The summed E-state index contributed by atoms with van der Waals surface area (Å²) in [7, 11) is 2.01. The van der Waals surface area contributed by atoms with Gasteiger partial charge in [-0.15, -0.1) is 0 Å². The van der Waals surface area contributed by atoms with Crippen molar-refractivity contribution in [2.24, 2.45) is 0 Å². The van der Waals surface area contributed by atoms with Crippen LogP contribution in [0.3, 0.4) is 0 Å². The van der Waals surface area contributed by atoms with Gasteiger partial charge in [0.15, 0.2) is 0 Å². The van der Waals surface area contributed by atoms with Crippen LogP contribution in [0.15, 0.2) is 18.2 Å². The molecule has 0 saturated carbocycles. The summed E-state index contributed by atoms with van der Waals surface area (Å²) >= 11 is 0. The highest BCUT2D eigenvalue weighted by Crippen LogP contribution is 2.11. The molecule has 0 aliphatic rings. The Hall–Kier alpha value is -0.785. The third-order valence-electron chi connectivity index (χ3n) is 1.86. The zero-order valence-electron chi connectivity index (χ0n) is 7.19. The summed E-state index contributed by atoms with van der Waals surface area (Å²) < 4.78 is 12.7. The summed E-state index contributed by atoms with van der Waals surface area (Å²) in [6.07, 6.45) is 0. The Balaban J connectivity index is 3.13. The molecule has 0 fully saturated rings. The van der Waals surface area contributed by atoms with Crippen LogP contribution in [-0.4, -0.2) is 7.85 Å². The van der Waals surface area contributed by atoms with Gasteiger partial charge in [-0.2, -0.15) is 0 Å². The normalized spacial score (nSPS) is 10.5. The number of hydrogen-bond acceptors (Lipinski definition) is 0. The zero-order valence-corrected chi connectivity index (χ0v) is 7.19. The van der Waals surface area contributed by atoms with Crippen molar-refractivity contribution in [3.05, 3.63) is 29.6 Å². The lowest BCUT2D eigenvalue weighted by Crippen LogP contribution is -2.11. The molecule has 0 N–H and O–H groups in total. The molecule has 1 rings (SSSR count). The summed E-state index contributed by atoms with van der Waals surface area (Å²) in [6.45, 7) is 4.14. The third kappa shape index (κ3) is 1.82. The van der Waals surface area contributed by atoms with Gasteiger partial charge in [-0.25, -0.2) is 4.39 Å². The molecule has 58 valence electrons. The minimum atomic E-state index is -0.140. The quantitative estimate of drug-likeness (QED) is 0.527. The molecule has 0 aromatic heterocycles. The van der Waals surface area contributed by atoms with Crippen LogP contribution >= 0.6 is 0 Å². The molecule has 0 atom stereocenters. The van der Waals surface area contributed by atoms with Gasteiger partial charge in [-0.05, 0) is 23.6 Å². The predicted octanol–water partition coefficient (Wildman–Crippen LogP) is 1.21. The van der Waals surface area contributed by atoms with Crippen LogP contribution in [0.25, 0.3) is 0 Å². The molecule has 0 aliphatic carbocycles. The molecule has 0 bridgehead atoms. The van der Waals surface area contributed by atoms with E-state index in [1.165, 1.54) is 11.5 Å². The van der Waals surface area contributed by atoms with E-state index in [9.17, 15) is 4.39 Å². The van der Waals surface area contributed by atoms with Crippen molar-refractivity contribution in [3.63, 3.8) is 0 Å². The standard InChI is InChI=1S/C9H12BF/c1-6(2)8-5-7(11)3-4-9(8)10/h3-6H,10H2,1-2H3. The first-order valence-electron chi connectivity index (χ1n) is 3.87. The maximum absolute atomic E-state index is 12.7. The second-order valence-electron chi connectivity index (χ2n) is 3.16. The molecule has 0 unspecified atom stereocenters. The van der Waals surface area contributed by atoms with Gasteiger partial charge in [-0.3, -0.25) is 0 Å². The van der Waals surface area contributed by atoms with Crippen LogP contribution in [0.2, 0.25) is 0 Å². The van der Waals surface area contributed by atoms with Crippen molar-refractivity contribution in [3.8, 4) is 0 Å². The van der Waals surface area contributed by atoms with E-state index in [1.54, 1.807) is 6.07 Å². The van der Waals surface area contributed by atoms with Gasteiger partial charge in [0.2, 0.25) is 0 Å². The van der Waals surface area contributed by atoms with Crippen molar-refractivity contribution in [2.45, 2.75) is 19.8 Å². The summed E-state index contributed by atoms with van der Waals surface area (Å²) in [4.78, 5) is 0. The van der Waals surface area contributed by atoms with Gasteiger partial charge in [0.05, 0.1) is 0 Å². The highest BCUT2D eigenvalue weighted by molar-refractivity contribution is 6.33. The van der Waals surface area contributed by atoms with Gasteiger partial charge in [0.1, 0.15) is 13.7 Å². The Morgan fingerprint density at radius 3 is 2.45 bits per heavy atom. The van der Waals surface area contributed by atoms with Crippen molar-refractivity contribution < 1.29 is 4.39 Å². The molecule has 0 heterocycles. The molecule has 1 aromatic carbocycles. The Kier molecular flexibility index (Phi) is 2.33. The molecule has 1 aromatic rings. The second kappa shape index (κ2) is 3.08. The average Bonchev–Trinajstić information content (AvgIpc) is 1.94. The van der Waals surface area contributed by atoms with Gasteiger partial charge in [0.25, 0.3) is 0 Å². The third-order valence-corrected chi connectivity index (χ3v) is 1.86. The average molecular weight is 150 g/mol. The van der Waals surface area contributed by atoms with Crippen molar-refractivity contribution in [1.82, 2.24) is 0 Å². The van der Waals surface area contributed by atoms with Crippen LogP contribution in [0, 0.1) is 5.82 Å². The monoisotopic (exact) mass is 150 g/mol. The molecule has 0 radical (unpaired) electrons. The first-order chi connectivity index (χ1) is 5.11. The van der Waals surface area contributed by atoms with E-state index in [0.717, 1.165) is 5.56 Å². The maximum atomic E-state index is 12.7. The highest BCUT2D eigenvalue weighted by Gasteiger charge is 2.03. The fourth-order valence-electron chi connectivity index (χ4n) is 1.23. The SMILES string of the molecule is Bc1ccc(F)cc1C(C)C. The minimum Gasteiger partial charge on any atom is -0.207 e. The van der Waals surface area contributed by atoms with Crippen molar-refractivity contribution >= 4 is 13.3 Å². The topological polar surface area (TPSA) is 0 Å². The molecular weight excluding hydrogens is 138 g/mol. The summed E-state index contributed by atoms with van der Waals surface area (Å²) in [6, 6.07) is 4.94. The number of benzene rings is 1. The lowest BCUT2D eigenvalue weighted by atomic mass is 9.85. The van der Waals surface area contributed by atoms with E-state index >= 15 is 0 Å². The van der Waals surface area contributed by atoms with Gasteiger partial charge >= 0.3 is 0 Å². The van der Waals surface area contributed by atoms with Gasteiger partial charge in [0, 0.05) is 0 Å². The Labute approximate surface area is 67.8 Å². The molecule has 0 nitrogen and oxygen atoms in total. The Bertz CT molecular complexity index is 256. The van der Waals surface area contributed by atoms with Crippen molar-refractivity contribution in [1.29, 1.82) is 0 Å². The predicted molar refractivity (Wildman–Crippen MR) is 48.7 cm³/mol. The smallest absolute Gasteiger partial charge is 0.139 e. The molecular formula is C9H12BF. The van der Waals surface area contributed by atoms with Crippen molar-refractivity contribution in [2.75, 3.05) is 0 Å². The fourth-order valence-corrected chi connectivity index (χ4v) is 1.23. The van der Waals surface area contributed by atoms with E-state index in [0.29, 0.717) is 5.92 Å². The number of rotatable bonds is 1. The maximum Gasteiger partial charge on any atom is 0.139 e. The van der Waals surface area contributed by atoms with E-state index < -0.39 is 0 Å². The van der Waals surface area contributed by atoms with Crippen LogP contribution in [0.4, 0.5) is 4.39 Å². The second-order valence-corrected chi connectivity index (χ2v) is 3.16. The van der Waals surface area contributed by atoms with Gasteiger partial charge < -0.3 is 0 Å². The largest absolute Gasteiger partial charge is 0.207 e. The molecule has 0 saturated heterocycles. The van der Waals surface area contributed by atoms with Crippen LogP contribution < -0.4 is 5.46 Å². The van der Waals surface area contributed by atoms with E-state index in [-0.39, 0.29) is 5.82 Å². The lowest BCUT2D eigenvalue weighted by Gasteiger charge is -2.08. The van der Waals surface area contributed by atoms with E-state index in [1.807, 2.05) is 13.9 Å². The zero-order chi connectivity index (χ0) is 8.43. The van der Waals surface area contributed by atoms with Crippen LogP contribution in [0.1, 0.15) is 25.3 Å². The van der Waals surface area contributed by atoms with Gasteiger partial charge in [-0.1, -0.05) is 25.4 Å². The summed E-state index contributed by atoms with van der Waals surface area (Å²) in [5.41, 5.74) is 2.27. The first kappa shape index (κ1) is 8.31. The van der Waals surface area contributed by atoms with E-state index in [2.05, 4.69) is 13.8 Å². The Morgan fingerprint density at radius 2 is 2.00 bits per heavy atom. The summed E-state index contributed by atoms with van der Waals surface area (Å²) in [5, 5.41) is 0. The molecule has 0 spiro atoms. The molecule has 2 heteroatoms. The lowest BCUT2D eigenvalue weighted by molar-refractivity contribution is 0.624. The van der Waals surface area contributed by atoms with E-state index in [4.69, 9.17) is 0 Å². The number of hydrogen-bond donors (Lipinski definition) is 0. The molecule has 11 heavy (non-hydrogen) atoms. The highest BCUT2D eigenvalue weighted by atomic mass is 19.1. The summed E-state index contributed by atoms with van der Waals surface area (Å²) in [5.74, 6) is 0.269. The minimum absolute atomic E-state index is 0.140. The molecule has 0 aliphatic heterocycles. The number of halogens is 1. The van der Waals surface area contributed by atoms with Crippen LogP contribution in [0.5, 0.6) is 0 Å².